The van der Waals surface area contributed by atoms with Gasteiger partial charge in [0.25, 0.3) is 0 Å². The number of rotatable bonds is 4. The van der Waals surface area contributed by atoms with E-state index >= 15 is 0 Å². The molecule has 7 rings (SSSR count). The Balaban J connectivity index is 1.56. The zero-order chi connectivity index (χ0) is 25.5. The molecule has 1 aliphatic heterocycles. The molecule has 0 radical (unpaired) electrons. The van der Waals surface area contributed by atoms with Gasteiger partial charge < -0.3 is 0 Å². The molecule has 0 nitrogen and oxygen atoms in total. The highest BCUT2D eigenvalue weighted by Gasteiger charge is 2.48. The lowest BCUT2D eigenvalue weighted by Gasteiger charge is -2.31. The van der Waals surface area contributed by atoms with Crippen LogP contribution in [-0.4, -0.2) is 8.07 Å². The van der Waals surface area contributed by atoms with E-state index in [1.54, 1.807) is 0 Å². The Bertz CT molecular complexity index is 1720. The van der Waals surface area contributed by atoms with Gasteiger partial charge in [-0.15, -0.1) is 0 Å². The topological polar surface area (TPSA) is 0 Å². The molecule has 0 saturated heterocycles. The minimum atomic E-state index is -2.55. The van der Waals surface area contributed by atoms with E-state index < -0.39 is 8.07 Å². The zero-order valence-corrected chi connectivity index (χ0v) is 23.4. The minimum Gasteiger partial charge on any atom is -0.0623 e. The first-order valence-electron chi connectivity index (χ1n) is 13.0. The van der Waals surface area contributed by atoms with E-state index in [2.05, 4.69) is 168 Å². The fourth-order valence-electron chi connectivity index (χ4n) is 6.23. The first-order chi connectivity index (χ1) is 18.8. The Morgan fingerprint density at radius 3 is 1.45 bits per heavy atom. The van der Waals surface area contributed by atoms with Gasteiger partial charge in [-0.25, -0.2) is 0 Å². The quantitative estimate of drug-likeness (QED) is 0.199. The number of hydrogen-bond acceptors (Lipinski definition) is 0. The van der Waals surface area contributed by atoms with Crippen LogP contribution < -0.4 is 20.7 Å². The summed E-state index contributed by atoms with van der Waals surface area (Å²) >= 11 is 3.82. The SMILES string of the molecule is Brc1ccc2c(c1)[Si](c1ccccc1)(c1ccccc1)c1cc(-c3ccccc3-c3ccccc3)ccc1-2. The molecule has 0 amide bonds. The minimum absolute atomic E-state index is 1.13. The molecule has 2 heteroatoms. The average molecular weight is 566 g/mol. The Kier molecular flexibility index (Phi) is 5.73. The molecule has 180 valence electrons. The monoisotopic (exact) mass is 564 g/mol. The van der Waals surface area contributed by atoms with Crippen molar-refractivity contribution in [1.82, 2.24) is 0 Å². The lowest BCUT2D eigenvalue weighted by Crippen LogP contribution is -2.72. The lowest BCUT2D eigenvalue weighted by atomic mass is 9.93. The van der Waals surface area contributed by atoms with Crippen molar-refractivity contribution in [2.75, 3.05) is 0 Å². The Morgan fingerprint density at radius 2 is 0.842 bits per heavy atom. The summed E-state index contributed by atoms with van der Waals surface area (Å²) in [4.78, 5) is 0. The molecule has 0 spiro atoms. The van der Waals surface area contributed by atoms with Crippen molar-refractivity contribution in [3.8, 4) is 33.4 Å². The smallest absolute Gasteiger partial charge is 0.0623 e. The van der Waals surface area contributed by atoms with Gasteiger partial charge in [-0.3, -0.25) is 0 Å². The molecular weight excluding hydrogens is 540 g/mol. The van der Waals surface area contributed by atoms with Crippen molar-refractivity contribution in [2.24, 2.45) is 0 Å². The van der Waals surface area contributed by atoms with Crippen LogP contribution in [0.25, 0.3) is 33.4 Å². The Hall–Kier alpha value is -3.98. The first-order valence-corrected chi connectivity index (χ1v) is 15.8. The highest BCUT2D eigenvalue weighted by atomic mass is 79.9. The summed E-state index contributed by atoms with van der Waals surface area (Å²) in [5.41, 5.74) is 7.74. The largest absolute Gasteiger partial charge is 0.180 e. The van der Waals surface area contributed by atoms with Crippen LogP contribution in [0.4, 0.5) is 0 Å². The molecule has 38 heavy (non-hydrogen) atoms. The molecule has 0 aromatic heterocycles. The van der Waals surface area contributed by atoms with Crippen molar-refractivity contribution < 1.29 is 0 Å². The molecular formula is C36H25BrSi. The van der Waals surface area contributed by atoms with Gasteiger partial charge in [0.2, 0.25) is 0 Å². The third-order valence-electron chi connectivity index (χ3n) is 7.84. The van der Waals surface area contributed by atoms with E-state index in [0.717, 1.165) is 4.47 Å². The maximum absolute atomic E-state index is 3.82. The van der Waals surface area contributed by atoms with Crippen molar-refractivity contribution in [3.05, 3.63) is 156 Å². The van der Waals surface area contributed by atoms with Gasteiger partial charge in [-0.2, -0.15) is 0 Å². The number of benzene rings is 6. The summed E-state index contributed by atoms with van der Waals surface area (Å²) in [7, 11) is -2.55. The normalized spacial score (nSPS) is 13.1. The van der Waals surface area contributed by atoms with Gasteiger partial charge in [0, 0.05) is 4.47 Å². The van der Waals surface area contributed by atoms with E-state index in [-0.39, 0.29) is 0 Å². The van der Waals surface area contributed by atoms with Crippen LogP contribution >= 0.6 is 15.9 Å². The van der Waals surface area contributed by atoms with Gasteiger partial charge >= 0.3 is 0 Å². The molecule has 0 fully saturated rings. The van der Waals surface area contributed by atoms with Crippen LogP contribution in [-0.2, 0) is 0 Å². The van der Waals surface area contributed by atoms with E-state index in [9.17, 15) is 0 Å². The van der Waals surface area contributed by atoms with Crippen LogP contribution in [0.3, 0.4) is 0 Å². The summed E-state index contributed by atoms with van der Waals surface area (Å²) in [5.74, 6) is 0. The van der Waals surface area contributed by atoms with E-state index in [4.69, 9.17) is 0 Å². The predicted octanol–water partition coefficient (Wildman–Crippen LogP) is 7.14. The van der Waals surface area contributed by atoms with Crippen molar-refractivity contribution in [1.29, 1.82) is 0 Å². The Morgan fingerprint density at radius 1 is 0.368 bits per heavy atom. The summed E-state index contributed by atoms with van der Waals surface area (Å²) in [5, 5.41) is 5.74. The van der Waals surface area contributed by atoms with Gasteiger partial charge in [-0.1, -0.05) is 155 Å². The van der Waals surface area contributed by atoms with Gasteiger partial charge in [0.1, 0.15) is 0 Å². The highest BCUT2D eigenvalue weighted by Crippen LogP contribution is 2.36. The predicted molar refractivity (Wildman–Crippen MR) is 168 cm³/mol. The van der Waals surface area contributed by atoms with Gasteiger partial charge in [0.05, 0.1) is 0 Å². The summed E-state index contributed by atoms with van der Waals surface area (Å²) in [6.45, 7) is 0. The Labute approximate surface area is 233 Å². The van der Waals surface area contributed by atoms with Crippen LogP contribution in [0.5, 0.6) is 0 Å². The summed E-state index contributed by atoms with van der Waals surface area (Å²) in [6, 6.07) is 55.9. The van der Waals surface area contributed by atoms with Gasteiger partial charge in [-0.05, 0) is 66.3 Å². The van der Waals surface area contributed by atoms with E-state index in [0.29, 0.717) is 0 Å². The maximum atomic E-state index is 3.82. The maximum Gasteiger partial charge on any atom is 0.180 e. The van der Waals surface area contributed by atoms with Crippen LogP contribution in [0.2, 0.25) is 0 Å². The second kappa shape index (κ2) is 9.40. The fourth-order valence-corrected chi connectivity index (χ4v) is 12.0. The summed E-state index contributed by atoms with van der Waals surface area (Å²) < 4.78 is 1.13. The third-order valence-corrected chi connectivity index (χ3v) is 13.2. The highest BCUT2D eigenvalue weighted by molar-refractivity contribution is 9.10. The molecule has 6 aromatic carbocycles. The van der Waals surface area contributed by atoms with E-state index in [1.807, 2.05) is 0 Å². The number of hydrogen-bond donors (Lipinski definition) is 0. The molecule has 0 aliphatic carbocycles. The second-order valence-corrected chi connectivity index (χ2v) is 14.5. The molecule has 0 bridgehead atoms. The van der Waals surface area contributed by atoms with Crippen LogP contribution in [0, 0.1) is 0 Å². The lowest BCUT2D eigenvalue weighted by molar-refractivity contribution is 1.59. The van der Waals surface area contributed by atoms with Crippen LogP contribution in [0.1, 0.15) is 0 Å². The van der Waals surface area contributed by atoms with Crippen molar-refractivity contribution in [3.63, 3.8) is 0 Å². The molecule has 0 saturated carbocycles. The van der Waals surface area contributed by atoms with E-state index in [1.165, 1.54) is 54.1 Å². The third kappa shape index (κ3) is 3.56. The molecule has 0 N–H and O–H groups in total. The van der Waals surface area contributed by atoms with Crippen molar-refractivity contribution >= 4 is 44.8 Å². The zero-order valence-electron chi connectivity index (χ0n) is 20.8. The molecule has 6 aromatic rings. The number of halogens is 1. The number of fused-ring (bicyclic) bond motifs is 3. The standard InChI is InChI=1S/C36H25BrSi/c37-28-21-23-34-33-22-20-27(32-19-11-10-18-31(32)26-12-4-1-5-13-26)24-35(33)38(36(34)25-28,29-14-6-2-7-15-29)30-16-8-3-9-17-30/h1-25H. The van der Waals surface area contributed by atoms with Gasteiger partial charge in [0.15, 0.2) is 8.07 Å². The molecule has 1 aliphatic rings. The van der Waals surface area contributed by atoms with Crippen molar-refractivity contribution in [2.45, 2.75) is 0 Å². The second-order valence-electron chi connectivity index (χ2n) is 9.84. The first kappa shape index (κ1) is 23.2. The fraction of sp³-hybridized carbons (Fsp3) is 0. The molecule has 0 atom stereocenters. The molecule has 0 unspecified atom stereocenters. The average Bonchev–Trinajstić information content (AvgIpc) is 3.28. The van der Waals surface area contributed by atoms with Crippen LogP contribution in [0.15, 0.2) is 156 Å². The molecule has 1 heterocycles. The summed E-state index contributed by atoms with van der Waals surface area (Å²) in [6.07, 6.45) is 0.